The van der Waals surface area contributed by atoms with Crippen LogP contribution in [0.4, 0.5) is 5.82 Å². The summed E-state index contributed by atoms with van der Waals surface area (Å²) >= 11 is 5.78. The minimum atomic E-state index is -0.211. The molecule has 0 saturated carbocycles. The van der Waals surface area contributed by atoms with Crippen LogP contribution in [0, 0.1) is 0 Å². The number of pyridine rings is 1. The predicted octanol–water partition coefficient (Wildman–Crippen LogP) is 2.35. The van der Waals surface area contributed by atoms with E-state index in [-0.39, 0.29) is 12.5 Å². The summed E-state index contributed by atoms with van der Waals surface area (Å²) in [6.07, 6.45) is 7.24. The van der Waals surface area contributed by atoms with Gasteiger partial charge in [0.05, 0.1) is 23.0 Å². The molecule has 0 aliphatic heterocycles. The molecule has 3 rings (SSSR count). The van der Waals surface area contributed by atoms with Crippen molar-refractivity contribution in [2.45, 2.75) is 13.1 Å². The molecule has 0 aromatic carbocycles. The van der Waals surface area contributed by atoms with E-state index in [1.54, 1.807) is 12.1 Å². The topological polar surface area (TPSA) is 97.3 Å². The van der Waals surface area contributed by atoms with Gasteiger partial charge in [0.2, 0.25) is 5.91 Å². The lowest BCUT2D eigenvalue weighted by molar-refractivity contribution is -0.117. The van der Waals surface area contributed by atoms with E-state index < -0.39 is 0 Å². The van der Waals surface area contributed by atoms with Crippen LogP contribution in [0.15, 0.2) is 52.5 Å². The maximum atomic E-state index is 12.3. The van der Waals surface area contributed by atoms with Crippen LogP contribution in [0.25, 0.3) is 0 Å². The maximum absolute atomic E-state index is 12.3. The zero-order valence-corrected chi connectivity index (χ0v) is 13.3. The number of carbonyl (C=O) groups excluding carboxylic acids is 1. The SMILES string of the molecule is O=C(CN(Cc1cocn1)Cc1cocn1)Nc1ccc(Cl)cn1. The fourth-order valence-electron chi connectivity index (χ4n) is 2.09. The number of anilines is 1. The van der Waals surface area contributed by atoms with E-state index in [0.29, 0.717) is 23.9 Å². The molecule has 0 atom stereocenters. The molecule has 1 N–H and O–H groups in total. The monoisotopic (exact) mass is 347 g/mol. The Balaban J connectivity index is 1.63. The fraction of sp³-hybridized carbons (Fsp3) is 0.200. The number of hydrogen-bond acceptors (Lipinski definition) is 7. The molecule has 9 heteroatoms. The third-order valence-corrected chi connectivity index (χ3v) is 3.32. The molecule has 1 amide bonds. The quantitative estimate of drug-likeness (QED) is 0.700. The molecule has 3 heterocycles. The van der Waals surface area contributed by atoms with Gasteiger partial charge in [-0.05, 0) is 12.1 Å². The number of aromatic nitrogens is 3. The molecular weight excluding hydrogens is 334 g/mol. The molecule has 0 saturated heterocycles. The van der Waals surface area contributed by atoms with Crippen molar-refractivity contribution in [2.24, 2.45) is 0 Å². The van der Waals surface area contributed by atoms with Crippen molar-refractivity contribution >= 4 is 23.3 Å². The first-order valence-corrected chi connectivity index (χ1v) is 7.45. The van der Waals surface area contributed by atoms with E-state index in [4.69, 9.17) is 20.4 Å². The summed E-state index contributed by atoms with van der Waals surface area (Å²) in [7, 11) is 0. The number of oxazole rings is 2. The smallest absolute Gasteiger partial charge is 0.239 e. The van der Waals surface area contributed by atoms with Gasteiger partial charge >= 0.3 is 0 Å². The lowest BCUT2D eigenvalue weighted by Gasteiger charge is -2.19. The predicted molar refractivity (Wildman–Crippen MR) is 85.0 cm³/mol. The second kappa shape index (κ2) is 7.71. The Kier molecular flexibility index (Phi) is 5.19. The van der Waals surface area contributed by atoms with Crippen LogP contribution < -0.4 is 5.32 Å². The van der Waals surface area contributed by atoms with Gasteiger partial charge in [-0.3, -0.25) is 9.69 Å². The van der Waals surface area contributed by atoms with E-state index in [1.165, 1.54) is 31.5 Å². The first-order valence-electron chi connectivity index (χ1n) is 7.07. The summed E-state index contributed by atoms with van der Waals surface area (Å²) in [5.74, 6) is 0.226. The standard InChI is InChI=1S/C15H14ClN5O3/c16-11-1-2-14(17-3-11)20-15(22)6-21(4-12-7-23-9-18-12)5-13-8-24-10-19-13/h1-3,7-10H,4-6H2,(H,17,20,22). The minimum Gasteiger partial charge on any atom is -0.451 e. The highest BCUT2D eigenvalue weighted by Crippen LogP contribution is 2.11. The van der Waals surface area contributed by atoms with Crippen LogP contribution in [0.5, 0.6) is 0 Å². The molecule has 0 unspecified atom stereocenters. The van der Waals surface area contributed by atoms with E-state index in [2.05, 4.69) is 20.3 Å². The lowest BCUT2D eigenvalue weighted by atomic mass is 10.3. The molecule has 8 nitrogen and oxygen atoms in total. The third-order valence-electron chi connectivity index (χ3n) is 3.10. The van der Waals surface area contributed by atoms with Crippen LogP contribution in [0.3, 0.4) is 0 Å². The van der Waals surface area contributed by atoms with Gasteiger partial charge < -0.3 is 14.2 Å². The van der Waals surface area contributed by atoms with Gasteiger partial charge in [0.25, 0.3) is 0 Å². The Morgan fingerprint density at radius 2 is 1.75 bits per heavy atom. The molecule has 0 spiro atoms. The van der Waals surface area contributed by atoms with Crippen molar-refractivity contribution in [3.05, 3.63) is 60.1 Å². The summed E-state index contributed by atoms with van der Waals surface area (Å²) in [6, 6.07) is 3.30. The van der Waals surface area contributed by atoms with Gasteiger partial charge in [-0.2, -0.15) is 0 Å². The van der Waals surface area contributed by atoms with Crippen molar-refractivity contribution in [3.63, 3.8) is 0 Å². The lowest BCUT2D eigenvalue weighted by Crippen LogP contribution is -2.33. The van der Waals surface area contributed by atoms with Gasteiger partial charge in [0.1, 0.15) is 18.3 Å². The average molecular weight is 348 g/mol. The summed E-state index contributed by atoms with van der Waals surface area (Å²) in [6.45, 7) is 1.000. The minimum absolute atomic E-state index is 0.129. The van der Waals surface area contributed by atoms with Crippen molar-refractivity contribution in [1.82, 2.24) is 19.9 Å². The van der Waals surface area contributed by atoms with Crippen molar-refractivity contribution in [1.29, 1.82) is 0 Å². The van der Waals surface area contributed by atoms with Crippen LogP contribution in [0.1, 0.15) is 11.4 Å². The van der Waals surface area contributed by atoms with E-state index in [1.807, 2.05) is 4.90 Å². The highest BCUT2D eigenvalue weighted by molar-refractivity contribution is 6.30. The molecule has 3 aromatic rings. The largest absolute Gasteiger partial charge is 0.451 e. The van der Waals surface area contributed by atoms with Crippen LogP contribution in [0.2, 0.25) is 5.02 Å². The number of hydrogen-bond donors (Lipinski definition) is 1. The number of carbonyl (C=O) groups is 1. The Hall–Kier alpha value is -2.71. The van der Waals surface area contributed by atoms with Crippen molar-refractivity contribution in [3.8, 4) is 0 Å². The highest BCUT2D eigenvalue weighted by Gasteiger charge is 2.15. The second-order valence-electron chi connectivity index (χ2n) is 5.01. The zero-order valence-electron chi connectivity index (χ0n) is 12.6. The average Bonchev–Trinajstić information content (AvgIpc) is 3.23. The van der Waals surface area contributed by atoms with Crippen LogP contribution >= 0.6 is 11.6 Å². The Labute approximate surface area is 142 Å². The molecular formula is C15H14ClN5O3. The van der Waals surface area contributed by atoms with Gasteiger partial charge in [0.15, 0.2) is 12.8 Å². The second-order valence-corrected chi connectivity index (χ2v) is 5.45. The summed E-state index contributed by atoms with van der Waals surface area (Å²) in [4.78, 5) is 26.3. The summed E-state index contributed by atoms with van der Waals surface area (Å²) < 4.78 is 9.93. The number of rotatable bonds is 7. The van der Waals surface area contributed by atoms with Crippen molar-refractivity contribution in [2.75, 3.05) is 11.9 Å². The Morgan fingerprint density at radius 1 is 1.08 bits per heavy atom. The van der Waals surface area contributed by atoms with Crippen molar-refractivity contribution < 1.29 is 13.6 Å². The molecule has 0 aliphatic carbocycles. The summed E-state index contributed by atoms with van der Waals surface area (Å²) in [5.41, 5.74) is 1.44. The van der Waals surface area contributed by atoms with Crippen LogP contribution in [-0.2, 0) is 17.9 Å². The molecule has 0 bridgehead atoms. The third kappa shape index (κ3) is 4.64. The molecule has 24 heavy (non-hydrogen) atoms. The highest BCUT2D eigenvalue weighted by atomic mass is 35.5. The van der Waals surface area contributed by atoms with E-state index in [9.17, 15) is 4.79 Å². The van der Waals surface area contributed by atoms with Gasteiger partial charge in [-0.15, -0.1) is 0 Å². The van der Waals surface area contributed by atoms with E-state index >= 15 is 0 Å². The molecule has 124 valence electrons. The number of halogens is 1. The number of nitrogens with one attached hydrogen (secondary N) is 1. The normalized spacial score (nSPS) is 10.9. The van der Waals surface area contributed by atoms with Crippen LogP contribution in [-0.4, -0.2) is 32.3 Å². The Morgan fingerprint density at radius 3 is 2.25 bits per heavy atom. The molecule has 0 fully saturated rings. The molecule has 0 aliphatic rings. The van der Waals surface area contributed by atoms with Gasteiger partial charge in [-0.25, -0.2) is 15.0 Å². The first-order chi connectivity index (χ1) is 11.7. The van der Waals surface area contributed by atoms with Gasteiger partial charge in [-0.1, -0.05) is 11.6 Å². The van der Waals surface area contributed by atoms with Gasteiger partial charge in [0, 0.05) is 19.3 Å². The summed E-state index contributed by atoms with van der Waals surface area (Å²) in [5, 5.41) is 3.23. The molecule has 0 radical (unpaired) electrons. The zero-order chi connectivity index (χ0) is 16.8. The molecule has 3 aromatic heterocycles. The van der Waals surface area contributed by atoms with E-state index in [0.717, 1.165) is 11.4 Å². The maximum Gasteiger partial charge on any atom is 0.239 e. The Bertz CT molecular complexity index is 723. The fourth-order valence-corrected chi connectivity index (χ4v) is 2.20. The number of amides is 1. The first kappa shape index (κ1) is 16.2. The number of nitrogens with zero attached hydrogens (tertiary/aromatic N) is 4.